The number of nitrogens with one attached hydrogen (secondary N) is 1. The van der Waals surface area contributed by atoms with E-state index in [0.717, 1.165) is 28.1 Å². The Bertz CT molecular complexity index is 940. The summed E-state index contributed by atoms with van der Waals surface area (Å²) in [6.07, 6.45) is 1.64. The largest absolute Gasteiger partial charge is 0.378 e. The highest BCUT2D eigenvalue weighted by Gasteiger charge is 2.15. The monoisotopic (exact) mass is 460 g/mol. The molecular weight excluding hydrogens is 440 g/mol. The predicted molar refractivity (Wildman–Crippen MR) is 117 cm³/mol. The van der Waals surface area contributed by atoms with E-state index in [-0.39, 0.29) is 11.7 Å². The number of aromatic nitrogens is 4. The van der Waals surface area contributed by atoms with Crippen molar-refractivity contribution < 1.29 is 4.79 Å². The number of nitrogens with zero attached hydrogens (tertiary/aromatic N) is 5. The molecule has 0 saturated carbocycles. The minimum atomic E-state index is -0.137. The molecule has 0 saturated heterocycles. The van der Waals surface area contributed by atoms with Crippen LogP contribution in [-0.4, -0.2) is 45.5 Å². The van der Waals surface area contributed by atoms with Crippen LogP contribution in [0.1, 0.15) is 6.92 Å². The summed E-state index contributed by atoms with van der Waals surface area (Å²) >= 11 is 4.68. The van der Waals surface area contributed by atoms with Crippen LogP contribution in [0.3, 0.4) is 0 Å². The van der Waals surface area contributed by atoms with Gasteiger partial charge in [0, 0.05) is 42.6 Å². The van der Waals surface area contributed by atoms with Crippen molar-refractivity contribution in [2.45, 2.75) is 18.6 Å². The molecule has 0 bridgehead atoms. The summed E-state index contributed by atoms with van der Waals surface area (Å²) in [5, 5.41) is 12.1. The molecule has 28 heavy (non-hydrogen) atoms. The van der Waals surface area contributed by atoms with E-state index >= 15 is 0 Å². The molecule has 2 heterocycles. The molecule has 0 fully saturated rings. The summed E-state index contributed by atoms with van der Waals surface area (Å²) < 4.78 is 2.88. The molecule has 0 radical (unpaired) electrons. The fourth-order valence-corrected chi connectivity index (χ4v) is 3.60. The predicted octanol–water partition coefficient (Wildman–Crippen LogP) is 3.92. The lowest BCUT2D eigenvalue weighted by Gasteiger charge is -2.13. The van der Waals surface area contributed by atoms with Gasteiger partial charge < -0.3 is 14.8 Å². The van der Waals surface area contributed by atoms with Gasteiger partial charge in [0.2, 0.25) is 5.91 Å². The Kier molecular flexibility index (Phi) is 6.69. The van der Waals surface area contributed by atoms with E-state index in [4.69, 9.17) is 0 Å². The first-order valence-electron chi connectivity index (χ1n) is 8.73. The average molecular weight is 461 g/mol. The third-order valence-corrected chi connectivity index (χ3v) is 5.44. The summed E-state index contributed by atoms with van der Waals surface area (Å²) in [6.45, 7) is 2.76. The summed E-state index contributed by atoms with van der Waals surface area (Å²) in [4.78, 5) is 18.4. The zero-order valence-electron chi connectivity index (χ0n) is 15.9. The molecule has 1 N–H and O–H groups in total. The smallest absolute Gasteiger partial charge is 0.236 e. The number of halogens is 1. The van der Waals surface area contributed by atoms with Gasteiger partial charge in [0.05, 0.1) is 5.75 Å². The standard InChI is InChI=1S/C19H21BrN6OS/c1-4-26-18(13-5-8-15(9-6-13)25(2)3)23-24-19(26)28-12-17(27)22-16-10-7-14(20)11-21-16/h5-11H,4,12H2,1-3H3,(H,21,22,27). The van der Waals surface area contributed by atoms with Crippen molar-refractivity contribution in [3.05, 3.63) is 47.1 Å². The molecular formula is C19H21BrN6OS. The Balaban J connectivity index is 1.68. The van der Waals surface area contributed by atoms with Crippen molar-refractivity contribution in [1.82, 2.24) is 19.7 Å². The second-order valence-corrected chi connectivity index (χ2v) is 8.05. The number of hydrogen-bond donors (Lipinski definition) is 1. The van der Waals surface area contributed by atoms with E-state index in [0.29, 0.717) is 11.0 Å². The number of carbonyl (C=O) groups excluding carboxylic acids is 1. The highest BCUT2D eigenvalue weighted by atomic mass is 79.9. The maximum atomic E-state index is 12.2. The van der Waals surface area contributed by atoms with Crippen LogP contribution in [0.4, 0.5) is 11.5 Å². The highest BCUT2D eigenvalue weighted by Crippen LogP contribution is 2.25. The molecule has 0 aliphatic heterocycles. The second-order valence-electron chi connectivity index (χ2n) is 6.19. The molecule has 146 valence electrons. The van der Waals surface area contributed by atoms with E-state index in [1.54, 1.807) is 12.3 Å². The highest BCUT2D eigenvalue weighted by molar-refractivity contribution is 9.10. The van der Waals surface area contributed by atoms with Crippen LogP contribution in [0.25, 0.3) is 11.4 Å². The normalized spacial score (nSPS) is 10.7. The van der Waals surface area contributed by atoms with E-state index < -0.39 is 0 Å². The van der Waals surface area contributed by atoms with Crippen molar-refractivity contribution in [3.63, 3.8) is 0 Å². The Hall–Kier alpha value is -2.39. The number of pyridine rings is 1. The Labute approximate surface area is 176 Å². The van der Waals surface area contributed by atoms with Gasteiger partial charge in [0.15, 0.2) is 11.0 Å². The number of anilines is 2. The van der Waals surface area contributed by atoms with Gasteiger partial charge in [-0.15, -0.1) is 10.2 Å². The topological polar surface area (TPSA) is 75.9 Å². The zero-order valence-corrected chi connectivity index (χ0v) is 18.3. The van der Waals surface area contributed by atoms with Gasteiger partial charge in [-0.05, 0) is 59.3 Å². The maximum Gasteiger partial charge on any atom is 0.236 e. The molecule has 1 amide bonds. The number of hydrogen-bond acceptors (Lipinski definition) is 6. The van der Waals surface area contributed by atoms with Crippen LogP contribution in [0.5, 0.6) is 0 Å². The van der Waals surface area contributed by atoms with Crippen LogP contribution in [0.15, 0.2) is 52.2 Å². The van der Waals surface area contributed by atoms with Crippen molar-refractivity contribution in [3.8, 4) is 11.4 Å². The van der Waals surface area contributed by atoms with Crippen LogP contribution in [0, 0.1) is 0 Å². The van der Waals surface area contributed by atoms with Crippen molar-refractivity contribution in [2.24, 2.45) is 0 Å². The Morgan fingerprint density at radius 1 is 1.18 bits per heavy atom. The summed E-state index contributed by atoms with van der Waals surface area (Å²) in [7, 11) is 4.01. The molecule has 0 aliphatic rings. The molecule has 3 rings (SSSR count). The van der Waals surface area contributed by atoms with E-state index in [1.165, 1.54) is 11.8 Å². The van der Waals surface area contributed by atoms with Crippen LogP contribution in [0.2, 0.25) is 0 Å². The number of thioether (sulfide) groups is 1. The van der Waals surface area contributed by atoms with Gasteiger partial charge in [0.1, 0.15) is 5.82 Å². The molecule has 0 spiro atoms. The van der Waals surface area contributed by atoms with Gasteiger partial charge in [-0.1, -0.05) is 11.8 Å². The summed E-state index contributed by atoms with van der Waals surface area (Å²) in [5.41, 5.74) is 2.12. The van der Waals surface area contributed by atoms with Gasteiger partial charge in [0.25, 0.3) is 0 Å². The number of rotatable bonds is 7. The number of amides is 1. The minimum Gasteiger partial charge on any atom is -0.378 e. The summed E-state index contributed by atoms with van der Waals surface area (Å²) in [5.74, 6) is 1.41. The van der Waals surface area contributed by atoms with Crippen LogP contribution >= 0.6 is 27.7 Å². The van der Waals surface area contributed by atoms with Crippen molar-refractivity contribution in [1.29, 1.82) is 0 Å². The molecule has 7 nitrogen and oxygen atoms in total. The van der Waals surface area contributed by atoms with Gasteiger partial charge in [-0.3, -0.25) is 4.79 Å². The molecule has 0 unspecified atom stereocenters. The first-order valence-corrected chi connectivity index (χ1v) is 10.5. The van der Waals surface area contributed by atoms with Crippen LogP contribution < -0.4 is 10.2 Å². The second kappa shape index (κ2) is 9.20. The Morgan fingerprint density at radius 3 is 2.54 bits per heavy atom. The lowest BCUT2D eigenvalue weighted by atomic mass is 10.2. The first kappa shape index (κ1) is 20.3. The third kappa shape index (κ3) is 4.90. The fraction of sp³-hybridized carbons (Fsp3) is 0.263. The SMILES string of the molecule is CCn1c(SCC(=O)Nc2ccc(Br)cn2)nnc1-c1ccc(N(C)C)cc1. The quantitative estimate of drug-likeness (QED) is 0.538. The van der Waals surface area contributed by atoms with E-state index in [9.17, 15) is 4.79 Å². The van der Waals surface area contributed by atoms with Gasteiger partial charge in [-0.25, -0.2) is 4.98 Å². The van der Waals surface area contributed by atoms with Gasteiger partial charge in [-0.2, -0.15) is 0 Å². The van der Waals surface area contributed by atoms with Crippen LogP contribution in [-0.2, 0) is 11.3 Å². The molecule has 0 aliphatic carbocycles. The first-order chi connectivity index (χ1) is 13.5. The van der Waals surface area contributed by atoms with Crippen molar-refractivity contribution >= 4 is 45.1 Å². The maximum absolute atomic E-state index is 12.2. The van der Waals surface area contributed by atoms with Gasteiger partial charge >= 0.3 is 0 Å². The fourth-order valence-electron chi connectivity index (χ4n) is 2.56. The number of carbonyl (C=O) groups is 1. The molecule has 3 aromatic rings. The number of benzene rings is 1. The third-order valence-electron chi connectivity index (χ3n) is 4.00. The lowest BCUT2D eigenvalue weighted by molar-refractivity contribution is -0.113. The molecule has 1 aromatic carbocycles. The Morgan fingerprint density at radius 2 is 1.93 bits per heavy atom. The van der Waals surface area contributed by atoms with Crippen molar-refractivity contribution in [2.75, 3.05) is 30.1 Å². The molecule has 2 aromatic heterocycles. The van der Waals surface area contributed by atoms with E-state index in [1.807, 2.05) is 43.8 Å². The molecule has 9 heteroatoms. The zero-order chi connectivity index (χ0) is 20.1. The molecule has 0 atom stereocenters. The lowest BCUT2D eigenvalue weighted by Crippen LogP contribution is -2.15. The van der Waals surface area contributed by atoms with E-state index in [2.05, 4.69) is 53.5 Å². The average Bonchev–Trinajstić information content (AvgIpc) is 3.11. The minimum absolute atomic E-state index is 0.137. The summed E-state index contributed by atoms with van der Waals surface area (Å²) in [6, 6.07) is 11.7.